The van der Waals surface area contributed by atoms with Crippen molar-refractivity contribution in [2.24, 2.45) is 0 Å². The molecule has 2 nitrogen and oxygen atoms in total. The predicted molar refractivity (Wildman–Crippen MR) is 86.5 cm³/mol. The van der Waals surface area contributed by atoms with E-state index in [0.29, 0.717) is 5.92 Å². The SMILES string of the molecule is CC(C)Oc1cccc(C(Br)C(C)c2ccccn2)c1. The highest BCUT2D eigenvalue weighted by Gasteiger charge is 2.19. The third kappa shape index (κ3) is 3.83. The van der Waals surface area contributed by atoms with E-state index in [1.807, 2.05) is 44.3 Å². The third-order valence-electron chi connectivity index (χ3n) is 3.14. The van der Waals surface area contributed by atoms with Crippen molar-refractivity contribution in [2.45, 2.75) is 37.6 Å². The second-order valence-corrected chi connectivity index (χ2v) is 6.17. The van der Waals surface area contributed by atoms with Crippen molar-refractivity contribution in [3.63, 3.8) is 0 Å². The van der Waals surface area contributed by atoms with Crippen molar-refractivity contribution in [3.8, 4) is 5.75 Å². The Hall–Kier alpha value is -1.35. The van der Waals surface area contributed by atoms with Gasteiger partial charge in [-0.05, 0) is 43.7 Å². The summed E-state index contributed by atoms with van der Waals surface area (Å²) in [6.07, 6.45) is 2.02. The summed E-state index contributed by atoms with van der Waals surface area (Å²) in [4.78, 5) is 4.65. The Morgan fingerprint density at radius 1 is 1.05 bits per heavy atom. The Kier molecular flexibility index (Phi) is 5.18. The topological polar surface area (TPSA) is 22.1 Å². The molecule has 3 heteroatoms. The quantitative estimate of drug-likeness (QED) is 0.709. The minimum absolute atomic E-state index is 0.187. The van der Waals surface area contributed by atoms with Gasteiger partial charge in [-0.3, -0.25) is 4.98 Å². The largest absolute Gasteiger partial charge is 0.491 e. The molecule has 0 radical (unpaired) electrons. The van der Waals surface area contributed by atoms with E-state index in [1.54, 1.807) is 0 Å². The predicted octanol–water partition coefficient (Wildman–Crippen LogP) is 5.11. The van der Waals surface area contributed by atoms with Crippen LogP contribution in [0.3, 0.4) is 0 Å². The number of halogens is 1. The smallest absolute Gasteiger partial charge is 0.119 e. The number of hydrogen-bond donors (Lipinski definition) is 0. The van der Waals surface area contributed by atoms with E-state index in [1.165, 1.54) is 5.56 Å². The fourth-order valence-corrected chi connectivity index (χ4v) is 2.67. The van der Waals surface area contributed by atoms with Gasteiger partial charge in [0.25, 0.3) is 0 Å². The third-order valence-corrected chi connectivity index (χ3v) is 4.46. The van der Waals surface area contributed by atoms with Crippen LogP contribution in [0.5, 0.6) is 5.75 Å². The van der Waals surface area contributed by atoms with E-state index in [2.05, 4.69) is 46.0 Å². The van der Waals surface area contributed by atoms with Crippen molar-refractivity contribution in [1.29, 1.82) is 0 Å². The van der Waals surface area contributed by atoms with Crippen LogP contribution in [0.15, 0.2) is 48.7 Å². The van der Waals surface area contributed by atoms with E-state index in [0.717, 1.165) is 11.4 Å². The Labute approximate surface area is 129 Å². The number of hydrogen-bond acceptors (Lipinski definition) is 2. The van der Waals surface area contributed by atoms with Crippen molar-refractivity contribution in [2.75, 3.05) is 0 Å². The highest BCUT2D eigenvalue weighted by atomic mass is 79.9. The summed E-state index contributed by atoms with van der Waals surface area (Å²) in [6.45, 7) is 6.25. The maximum atomic E-state index is 5.75. The molecule has 0 aliphatic heterocycles. The Morgan fingerprint density at radius 3 is 2.50 bits per heavy atom. The second kappa shape index (κ2) is 6.89. The van der Waals surface area contributed by atoms with Crippen molar-refractivity contribution >= 4 is 15.9 Å². The molecule has 2 unspecified atom stereocenters. The molecule has 0 spiro atoms. The zero-order valence-electron chi connectivity index (χ0n) is 12.1. The van der Waals surface area contributed by atoms with Gasteiger partial charge in [0.2, 0.25) is 0 Å². The molecule has 1 aromatic heterocycles. The average Bonchev–Trinajstić information content (AvgIpc) is 2.46. The number of alkyl halides is 1. The molecule has 2 atom stereocenters. The Bertz CT molecular complexity index is 542. The number of aromatic nitrogens is 1. The lowest BCUT2D eigenvalue weighted by molar-refractivity contribution is 0.242. The van der Waals surface area contributed by atoms with Crippen molar-refractivity contribution < 1.29 is 4.74 Å². The number of benzene rings is 1. The van der Waals surface area contributed by atoms with Crippen LogP contribution in [0.2, 0.25) is 0 Å². The first-order valence-corrected chi connectivity index (χ1v) is 7.81. The van der Waals surface area contributed by atoms with Crippen LogP contribution < -0.4 is 4.74 Å². The van der Waals surface area contributed by atoms with Gasteiger partial charge in [-0.25, -0.2) is 0 Å². The van der Waals surface area contributed by atoms with Crippen LogP contribution in [-0.2, 0) is 0 Å². The molecule has 0 bridgehead atoms. The highest BCUT2D eigenvalue weighted by Crippen LogP contribution is 2.37. The molecule has 0 saturated heterocycles. The standard InChI is InChI=1S/C17H20BrNO/c1-12(2)20-15-8-6-7-14(11-15)17(18)13(3)16-9-4-5-10-19-16/h4-13,17H,1-3H3. The highest BCUT2D eigenvalue weighted by molar-refractivity contribution is 9.09. The van der Waals surface area contributed by atoms with Gasteiger partial charge in [0.05, 0.1) is 6.10 Å². The van der Waals surface area contributed by atoms with Crippen LogP contribution in [0, 0.1) is 0 Å². The molecule has 1 aromatic carbocycles. The lowest BCUT2D eigenvalue weighted by atomic mass is 9.97. The van der Waals surface area contributed by atoms with Gasteiger partial charge >= 0.3 is 0 Å². The maximum Gasteiger partial charge on any atom is 0.119 e. The molecule has 0 aliphatic rings. The summed E-state index contributed by atoms with van der Waals surface area (Å²) in [6, 6.07) is 14.3. The summed E-state index contributed by atoms with van der Waals surface area (Å²) in [5.74, 6) is 1.21. The molecule has 0 saturated carbocycles. The zero-order chi connectivity index (χ0) is 14.5. The van der Waals surface area contributed by atoms with Gasteiger partial charge in [0.1, 0.15) is 5.75 Å². The summed E-state index contributed by atoms with van der Waals surface area (Å²) in [5, 5.41) is 0. The fraction of sp³-hybridized carbons (Fsp3) is 0.353. The molecule has 20 heavy (non-hydrogen) atoms. The van der Waals surface area contributed by atoms with Gasteiger partial charge < -0.3 is 4.74 Å². The molecule has 106 valence electrons. The normalized spacial score (nSPS) is 14.1. The monoisotopic (exact) mass is 333 g/mol. The van der Waals surface area contributed by atoms with Gasteiger partial charge in [-0.1, -0.05) is 41.1 Å². The summed E-state index contributed by atoms with van der Waals surface area (Å²) >= 11 is 3.79. The lowest BCUT2D eigenvalue weighted by Gasteiger charge is -2.19. The average molecular weight is 334 g/mol. The first-order valence-electron chi connectivity index (χ1n) is 6.89. The van der Waals surface area contributed by atoms with Gasteiger partial charge in [-0.2, -0.15) is 0 Å². The summed E-state index contributed by atoms with van der Waals surface area (Å²) in [5.41, 5.74) is 2.30. The number of pyridine rings is 1. The number of nitrogens with zero attached hydrogens (tertiary/aromatic N) is 1. The van der Waals surface area contributed by atoms with Gasteiger partial charge in [-0.15, -0.1) is 0 Å². The maximum absolute atomic E-state index is 5.75. The molecular weight excluding hydrogens is 314 g/mol. The molecule has 0 aliphatic carbocycles. The fourth-order valence-electron chi connectivity index (χ4n) is 2.12. The second-order valence-electron chi connectivity index (χ2n) is 5.18. The Balaban J connectivity index is 2.18. The molecule has 1 heterocycles. The van der Waals surface area contributed by atoms with E-state index in [4.69, 9.17) is 4.74 Å². The Morgan fingerprint density at radius 2 is 1.85 bits per heavy atom. The van der Waals surface area contributed by atoms with E-state index in [-0.39, 0.29) is 10.9 Å². The molecule has 0 N–H and O–H groups in total. The molecular formula is C17H20BrNO. The minimum atomic E-state index is 0.187. The molecule has 0 fully saturated rings. The van der Waals surface area contributed by atoms with Crippen LogP contribution in [-0.4, -0.2) is 11.1 Å². The summed E-state index contributed by atoms with van der Waals surface area (Å²) in [7, 11) is 0. The number of ether oxygens (including phenoxy) is 1. The van der Waals surface area contributed by atoms with Gasteiger partial charge in [0, 0.05) is 22.6 Å². The van der Waals surface area contributed by atoms with Crippen LogP contribution in [0.1, 0.15) is 42.8 Å². The first kappa shape index (κ1) is 15.0. The first-order chi connectivity index (χ1) is 9.58. The van der Waals surface area contributed by atoms with Crippen LogP contribution in [0.25, 0.3) is 0 Å². The minimum Gasteiger partial charge on any atom is -0.491 e. The van der Waals surface area contributed by atoms with Crippen LogP contribution in [0.4, 0.5) is 0 Å². The zero-order valence-corrected chi connectivity index (χ0v) is 13.7. The lowest BCUT2D eigenvalue weighted by Crippen LogP contribution is -2.07. The molecule has 2 aromatic rings. The number of rotatable bonds is 5. The molecule has 0 amide bonds. The van der Waals surface area contributed by atoms with E-state index in [9.17, 15) is 0 Å². The van der Waals surface area contributed by atoms with E-state index < -0.39 is 0 Å². The van der Waals surface area contributed by atoms with Crippen molar-refractivity contribution in [1.82, 2.24) is 4.98 Å². The summed E-state index contributed by atoms with van der Waals surface area (Å²) < 4.78 is 5.75. The van der Waals surface area contributed by atoms with Crippen molar-refractivity contribution in [3.05, 3.63) is 59.9 Å². The van der Waals surface area contributed by atoms with E-state index >= 15 is 0 Å². The van der Waals surface area contributed by atoms with Gasteiger partial charge in [0.15, 0.2) is 0 Å². The molecule has 2 rings (SSSR count). The van der Waals surface area contributed by atoms with Crippen LogP contribution >= 0.6 is 15.9 Å².